The molecule has 70 valence electrons. The zero-order valence-electron chi connectivity index (χ0n) is 7.04. The van der Waals surface area contributed by atoms with Gasteiger partial charge < -0.3 is 0 Å². The Morgan fingerprint density at radius 3 is 2.46 bits per heavy atom. The third-order valence-electron chi connectivity index (χ3n) is 1.74. The lowest BCUT2D eigenvalue weighted by molar-refractivity contribution is -0.115. The summed E-state index contributed by atoms with van der Waals surface area (Å²) in [6.07, 6.45) is 0.850. The van der Waals surface area contributed by atoms with Crippen LogP contribution in [0.15, 0.2) is 30.3 Å². The first kappa shape index (κ1) is 11.4. The molecular weight excluding hydrogens is 390 g/mol. The molecule has 1 aromatic rings. The average Bonchev–Trinajstić information content (AvgIpc) is 2.18. The zero-order chi connectivity index (χ0) is 9.68. The molecule has 0 heterocycles. The van der Waals surface area contributed by atoms with Gasteiger partial charge in [0, 0.05) is 0 Å². The molecule has 13 heavy (non-hydrogen) atoms. The lowest BCUT2D eigenvalue weighted by Crippen LogP contribution is -2.17. The van der Waals surface area contributed by atoms with E-state index < -0.39 is 0 Å². The zero-order valence-corrected chi connectivity index (χ0v) is 11.4. The predicted molar refractivity (Wildman–Crippen MR) is 71.8 cm³/mol. The Kier molecular flexibility index (Phi) is 5.23. The fourth-order valence-corrected chi connectivity index (χ4v) is 3.12. The van der Waals surface area contributed by atoms with Gasteiger partial charge in [-0.05, 0) is 12.0 Å². The number of carbonyl (C=O) groups excluding carboxylic acids is 1. The summed E-state index contributed by atoms with van der Waals surface area (Å²) in [5, 5.41) is 0. The SMILES string of the molecule is O=C(CI)C(I)Cc1ccccc1. The maximum atomic E-state index is 11.3. The van der Waals surface area contributed by atoms with Gasteiger partial charge in [0.2, 0.25) is 0 Å². The van der Waals surface area contributed by atoms with Crippen LogP contribution >= 0.6 is 45.2 Å². The Morgan fingerprint density at radius 1 is 1.31 bits per heavy atom. The molecule has 0 saturated carbocycles. The summed E-state index contributed by atoms with van der Waals surface area (Å²) < 4.78 is 0.731. The third-order valence-corrected chi connectivity index (χ3v) is 3.63. The molecule has 3 heteroatoms. The van der Waals surface area contributed by atoms with Gasteiger partial charge in [0.15, 0.2) is 5.78 Å². The van der Waals surface area contributed by atoms with E-state index in [0.717, 1.165) is 6.42 Å². The van der Waals surface area contributed by atoms with Gasteiger partial charge >= 0.3 is 0 Å². The molecule has 1 aromatic carbocycles. The van der Waals surface area contributed by atoms with Crippen molar-refractivity contribution in [1.82, 2.24) is 0 Å². The standard InChI is InChI=1S/C10H10I2O/c11-7-10(13)9(12)6-8-4-2-1-3-5-8/h1-5,9H,6-7H2. The lowest BCUT2D eigenvalue weighted by atomic mass is 10.1. The van der Waals surface area contributed by atoms with Crippen molar-refractivity contribution in [2.24, 2.45) is 0 Å². The highest BCUT2D eigenvalue weighted by atomic mass is 127. The fraction of sp³-hybridized carbons (Fsp3) is 0.300. The van der Waals surface area contributed by atoms with Gasteiger partial charge in [0.05, 0.1) is 8.35 Å². The maximum Gasteiger partial charge on any atom is 0.155 e. The van der Waals surface area contributed by atoms with Crippen LogP contribution in [0.3, 0.4) is 0 Å². The quantitative estimate of drug-likeness (QED) is 0.561. The first-order valence-electron chi connectivity index (χ1n) is 4.00. The van der Waals surface area contributed by atoms with Crippen molar-refractivity contribution >= 4 is 51.0 Å². The molecule has 0 aliphatic heterocycles. The van der Waals surface area contributed by atoms with Crippen LogP contribution in [0.2, 0.25) is 0 Å². The van der Waals surface area contributed by atoms with Crippen LogP contribution in [0, 0.1) is 0 Å². The Hall–Kier alpha value is 0.350. The highest BCUT2D eigenvalue weighted by Gasteiger charge is 2.12. The molecule has 0 bridgehead atoms. The van der Waals surface area contributed by atoms with E-state index in [-0.39, 0.29) is 3.92 Å². The van der Waals surface area contributed by atoms with E-state index in [4.69, 9.17) is 0 Å². The number of hydrogen-bond donors (Lipinski definition) is 0. The van der Waals surface area contributed by atoms with Crippen LogP contribution in [0.25, 0.3) is 0 Å². The molecule has 0 aliphatic carbocycles. The van der Waals surface area contributed by atoms with Gasteiger partial charge in [-0.2, -0.15) is 0 Å². The minimum absolute atomic E-state index is 0.122. The van der Waals surface area contributed by atoms with Crippen molar-refractivity contribution in [2.45, 2.75) is 10.3 Å². The van der Waals surface area contributed by atoms with Gasteiger partial charge in [-0.15, -0.1) is 0 Å². The monoisotopic (exact) mass is 400 g/mol. The van der Waals surface area contributed by atoms with E-state index >= 15 is 0 Å². The maximum absolute atomic E-state index is 11.3. The average molecular weight is 400 g/mol. The number of ketones is 1. The first-order chi connectivity index (χ1) is 6.24. The highest BCUT2D eigenvalue weighted by molar-refractivity contribution is 14.1. The Morgan fingerprint density at radius 2 is 1.92 bits per heavy atom. The molecule has 0 fully saturated rings. The molecule has 1 nitrogen and oxygen atoms in total. The van der Waals surface area contributed by atoms with Crippen LogP contribution in [-0.2, 0) is 11.2 Å². The third kappa shape index (κ3) is 3.93. The predicted octanol–water partition coefficient (Wildman–Crippen LogP) is 3.04. The molecule has 0 saturated heterocycles. The smallest absolute Gasteiger partial charge is 0.155 e. The molecule has 0 amide bonds. The molecule has 0 radical (unpaired) electrons. The van der Waals surface area contributed by atoms with E-state index in [1.807, 2.05) is 18.2 Å². The van der Waals surface area contributed by atoms with Crippen LogP contribution in [0.5, 0.6) is 0 Å². The molecule has 0 N–H and O–H groups in total. The second-order valence-electron chi connectivity index (χ2n) is 2.76. The second-order valence-corrected chi connectivity index (χ2v) is 5.02. The van der Waals surface area contributed by atoms with E-state index in [1.165, 1.54) is 5.56 Å². The summed E-state index contributed by atoms with van der Waals surface area (Å²) in [4.78, 5) is 11.3. The van der Waals surface area contributed by atoms with Crippen molar-refractivity contribution in [2.75, 3.05) is 4.43 Å². The summed E-state index contributed by atoms with van der Waals surface area (Å²) in [5.41, 5.74) is 1.24. The fourth-order valence-electron chi connectivity index (χ4n) is 1.02. The molecule has 0 aliphatic rings. The number of rotatable bonds is 4. The number of halogens is 2. The Labute approximate surface area is 106 Å². The molecule has 1 atom stereocenters. The van der Waals surface area contributed by atoms with E-state index in [0.29, 0.717) is 10.2 Å². The number of benzene rings is 1. The molecule has 1 unspecified atom stereocenters. The van der Waals surface area contributed by atoms with Gasteiger partial charge in [-0.3, -0.25) is 4.79 Å². The van der Waals surface area contributed by atoms with Crippen molar-refractivity contribution in [3.05, 3.63) is 35.9 Å². The lowest BCUT2D eigenvalue weighted by Gasteiger charge is -2.06. The van der Waals surface area contributed by atoms with E-state index in [1.54, 1.807) is 0 Å². The Balaban J connectivity index is 2.55. The van der Waals surface area contributed by atoms with Gasteiger partial charge in [-0.25, -0.2) is 0 Å². The number of Topliss-reactive ketones (excluding diaryl/α,β-unsaturated/α-hetero) is 1. The minimum atomic E-state index is 0.122. The van der Waals surface area contributed by atoms with Gasteiger partial charge in [0.1, 0.15) is 0 Å². The highest BCUT2D eigenvalue weighted by Crippen LogP contribution is 2.12. The molecule has 0 spiro atoms. The van der Waals surface area contributed by atoms with Crippen molar-refractivity contribution in [3.63, 3.8) is 0 Å². The second kappa shape index (κ2) is 5.95. The number of alkyl halides is 2. The van der Waals surface area contributed by atoms with Crippen molar-refractivity contribution < 1.29 is 4.79 Å². The van der Waals surface area contributed by atoms with Crippen molar-refractivity contribution in [3.8, 4) is 0 Å². The molecule has 0 aromatic heterocycles. The summed E-state index contributed by atoms with van der Waals surface area (Å²) in [6, 6.07) is 10.1. The largest absolute Gasteiger partial charge is 0.298 e. The van der Waals surface area contributed by atoms with E-state index in [9.17, 15) is 4.79 Å². The van der Waals surface area contributed by atoms with E-state index in [2.05, 4.69) is 57.3 Å². The van der Waals surface area contributed by atoms with Gasteiger partial charge in [-0.1, -0.05) is 75.5 Å². The topological polar surface area (TPSA) is 17.1 Å². The summed E-state index contributed by atoms with van der Waals surface area (Å²) in [7, 11) is 0. The summed E-state index contributed by atoms with van der Waals surface area (Å²) in [6.45, 7) is 0. The number of hydrogen-bond acceptors (Lipinski definition) is 1. The van der Waals surface area contributed by atoms with Crippen LogP contribution in [0.4, 0.5) is 0 Å². The summed E-state index contributed by atoms with van der Waals surface area (Å²) in [5.74, 6) is 0.324. The normalized spacial score (nSPS) is 12.5. The number of carbonyl (C=O) groups is 1. The van der Waals surface area contributed by atoms with Gasteiger partial charge in [0.25, 0.3) is 0 Å². The minimum Gasteiger partial charge on any atom is -0.298 e. The van der Waals surface area contributed by atoms with Crippen LogP contribution in [-0.4, -0.2) is 14.1 Å². The van der Waals surface area contributed by atoms with Crippen molar-refractivity contribution in [1.29, 1.82) is 0 Å². The summed E-state index contributed by atoms with van der Waals surface area (Å²) >= 11 is 4.33. The van der Waals surface area contributed by atoms with Crippen LogP contribution in [0.1, 0.15) is 5.56 Å². The first-order valence-corrected chi connectivity index (χ1v) is 6.78. The molecular formula is C10H10I2O. The van der Waals surface area contributed by atoms with Crippen LogP contribution < -0.4 is 0 Å². The molecule has 1 rings (SSSR count). The Bertz CT molecular complexity index is 272.